The van der Waals surface area contributed by atoms with Crippen molar-refractivity contribution in [2.75, 3.05) is 5.32 Å². The molecule has 0 saturated heterocycles. The Hall–Kier alpha value is -2.93. The predicted octanol–water partition coefficient (Wildman–Crippen LogP) is 4.19. The number of carboxylic acid groups (broad SMARTS) is 1. The summed E-state index contributed by atoms with van der Waals surface area (Å²) in [6.45, 7) is 3.65. The van der Waals surface area contributed by atoms with E-state index in [2.05, 4.69) is 10.5 Å². The summed E-state index contributed by atoms with van der Waals surface area (Å²) < 4.78 is 5.27. The number of hydrogen-bond acceptors (Lipinski definition) is 5. The first-order valence-corrected chi connectivity index (χ1v) is 8.97. The average molecular weight is 368 g/mol. The van der Waals surface area contributed by atoms with Crippen molar-refractivity contribution in [2.24, 2.45) is 0 Å². The number of carbonyl (C=O) groups excluding carboxylic acids is 1. The van der Waals surface area contributed by atoms with Crippen LogP contribution < -0.4 is 5.32 Å². The van der Waals surface area contributed by atoms with E-state index >= 15 is 0 Å². The topological polar surface area (TPSA) is 92.4 Å². The molecule has 6 nitrogen and oxygen atoms in total. The maximum atomic E-state index is 12.4. The van der Waals surface area contributed by atoms with Gasteiger partial charge in [0, 0.05) is 28.3 Å². The van der Waals surface area contributed by atoms with Crippen molar-refractivity contribution >= 4 is 28.9 Å². The summed E-state index contributed by atoms with van der Waals surface area (Å²) in [4.78, 5) is 25.4. The lowest BCUT2D eigenvalue weighted by molar-refractivity contribution is -0.116. The third-order valence-electron chi connectivity index (χ3n) is 4.60. The number of anilines is 1. The highest BCUT2D eigenvalue weighted by Crippen LogP contribution is 2.50. The fourth-order valence-electron chi connectivity index (χ4n) is 3.54. The number of aromatic carboxylic acids is 1. The average Bonchev–Trinajstić information content (AvgIpc) is 3.15. The molecular formula is C19H16N2O4S. The smallest absolute Gasteiger partial charge is 0.346 e. The van der Waals surface area contributed by atoms with Crippen molar-refractivity contribution in [3.8, 4) is 11.1 Å². The van der Waals surface area contributed by atoms with Crippen LogP contribution >= 0.6 is 11.3 Å². The van der Waals surface area contributed by atoms with Crippen molar-refractivity contribution in [1.82, 2.24) is 5.16 Å². The summed E-state index contributed by atoms with van der Waals surface area (Å²) in [7, 11) is 0. The predicted molar refractivity (Wildman–Crippen MR) is 97.8 cm³/mol. The molecule has 3 aromatic rings. The van der Waals surface area contributed by atoms with Gasteiger partial charge in [0.25, 0.3) is 0 Å². The zero-order valence-corrected chi connectivity index (χ0v) is 15.0. The van der Waals surface area contributed by atoms with Crippen molar-refractivity contribution in [1.29, 1.82) is 0 Å². The molecule has 4 rings (SSSR count). The van der Waals surface area contributed by atoms with Gasteiger partial charge in [-0.05, 0) is 19.4 Å². The van der Waals surface area contributed by atoms with Gasteiger partial charge in [-0.25, -0.2) is 4.79 Å². The van der Waals surface area contributed by atoms with Crippen molar-refractivity contribution in [3.05, 3.63) is 57.1 Å². The third kappa shape index (κ3) is 2.52. The Balaban J connectivity index is 1.98. The molecule has 0 fully saturated rings. The highest BCUT2D eigenvalue weighted by atomic mass is 32.1. The Labute approximate surface area is 153 Å². The van der Waals surface area contributed by atoms with E-state index in [4.69, 9.17) is 4.52 Å². The Bertz CT molecular complexity index is 1000. The minimum absolute atomic E-state index is 0.144. The Morgan fingerprint density at radius 3 is 2.65 bits per heavy atom. The van der Waals surface area contributed by atoms with E-state index in [0.717, 1.165) is 21.7 Å². The van der Waals surface area contributed by atoms with Crippen LogP contribution in [0.1, 0.15) is 43.9 Å². The number of amides is 1. The quantitative estimate of drug-likeness (QED) is 0.723. The molecule has 26 heavy (non-hydrogen) atoms. The molecule has 1 aliphatic rings. The summed E-state index contributed by atoms with van der Waals surface area (Å²) in [5.74, 6) is -0.755. The lowest BCUT2D eigenvalue weighted by Gasteiger charge is -2.23. The molecule has 3 heterocycles. The lowest BCUT2D eigenvalue weighted by Crippen LogP contribution is -2.23. The second-order valence-corrected chi connectivity index (χ2v) is 7.31. The molecule has 0 unspecified atom stereocenters. The minimum Gasteiger partial charge on any atom is -0.477 e. The molecule has 1 atom stereocenters. The van der Waals surface area contributed by atoms with Crippen LogP contribution in [0.4, 0.5) is 5.69 Å². The molecule has 1 aromatic carbocycles. The number of nitrogens with zero attached hydrogens (tertiary/aromatic N) is 1. The van der Waals surface area contributed by atoms with Crippen LogP contribution in [0.3, 0.4) is 0 Å². The van der Waals surface area contributed by atoms with E-state index in [9.17, 15) is 14.7 Å². The number of aromatic nitrogens is 1. The number of hydrogen-bond donors (Lipinski definition) is 2. The van der Waals surface area contributed by atoms with Crippen LogP contribution in [0, 0.1) is 13.8 Å². The summed E-state index contributed by atoms with van der Waals surface area (Å²) in [5, 5.41) is 16.6. The van der Waals surface area contributed by atoms with Crippen LogP contribution in [0.25, 0.3) is 11.1 Å². The molecular weight excluding hydrogens is 352 g/mol. The standard InChI is InChI=1S/C19H16N2O4S/c1-9-14(10(2)25-21-9)12-8-13(22)20-16-15(11-6-4-3-5-7-11)18(19(23)24)26-17(12)16/h3-7,12H,8H2,1-2H3,(H,20,22)(H,23,24)/t12-/m0/s1. The lowest BCUT2D eigenvalue weighted by atomic mass is 9.87. The molecule has 132 valence electrons. The summed E-state index contributed by atoms with van der Waals surface area (Å²) in [6, 6.07) is 9.26. The molecule has 2 N–H and O–H groups in total. The Morgan fingerprint density at radius 2 is 2.04 bits per heavy atom. The van der Waals surface area contributed by atoms with E-state index < -0.39 is 5.97 Å². The van der Waals surface area contributed by atoms with Crippen molar-refractivity contribution < 1.29 is 19.2 Å². The molecule has 7 heteroatoms. The van der Waals surface area contributed by atoms with E-state index in [1.54, 1.807) is 0 Å². The molecule has 0 saturated carbocycles. The first kappa shape index (κ1) is 16.5. The third-order valence-corrected chi connectivity index (χ3v) is 5.89. The largest absolute Gasteiger partial charge is 0.477 e. The number of carbonyl (C=O) groups is 2. The van der Waals surface area contributed by atoms with E-state index in [1.807, 2.05) is 44.2 Å². The van der Waals surface area contributed by atoms with Gasteiger partial charge in [0.15, 0.2) is 0 Å². The number of nitrogens with one attached hydrogen (secondary N) is 1. The molecule has 0 bridgehead atoms. The Morgan fingerprint density at radius 1 is 1.31 bits per heavy atom. The monoisotopic (exact) mass is 368 g/mol. The summed E-state index contributed by atoms with van der Waals surface area (Å²) in [6.07, 6.45) is 0.240. The van der Waals surface area contributed by atoms with Crippen LogP contribution in [-0.4, -0.2) is 22.1 Å². The maximum Gasteiger partial charge on any atom is 0.346 e. The number of benzene rings is 1. The van der Waals surface area contributed by atoms with Gasteiger partial charge in [-0.3, -0.25) is 4.79 Å². The van der Waals surface area contributed by atoms with Gasteiger partial charge in [-0.1, -0.05) is 35.5 Å². The van der Waals surface area contributed by atoms with Crippen LogP contribution in [0.2, 0.25) is 0 Å². The first-order valence-electron chi connectivity index (χ1n) is 8.15. The number of rotatable bonds is 3. The van der Waals surface area contributed by atoms with Gasteiger partial charge >= 0.3 is 5.97 Å². The molecule has 0 radical (unpaired) electrons. The fourth-order valence-corrected chi connectivity index (χ4v) is 4.77. The van der Waals surface area contributed by atoms with Crippen LogP contribution in [0.5, 0.6) is 0 Å². The normalized spacial score (nSPS) is 16.2. The fraction of sp³-hybridized carbons (Fsp3) is 0.211. The molecule has 0 spiro atoms. The minimum atomic E-state index is -1.00. The number of carboxylic acids is 1. The molecule has 2 aromatic heterocycles. The van der Waals surface area contributed by atoms with Crippen LogP contribution in [0.15, 0.2) is 34.9 Å². The number of thiophene rings is 1. The van der Waals surface area contributed by atoms with Gasteiger partial charge in [0.1, 0.15) is 10.6 Å². The number of fused-ring (bicyclic) bond motifs is 1. The van der Waals surface area contributed by atoms with Gasteiger partial charge < -0.3 is 14.9 Å². The van der Waals surface area contributed by atoms with E-state index in [1.165, 1.54) is 11.3 Å². The summed E-state index contributed by atoms with van der Waals surface area (Å²) >= 11 is 1.21. The maximum absolute atomic E-state index is 12.4. The second-order valence-electron chi connectivity index (χ2n) is 6.26. The Kier molecular flexibility index (Phi) is 3.88. The van der Waals surface area contributed by atoms with E-state index in [-0.39, 0.29) is 23.1 Å². The van der Waals surface area contributed by atoms with Crippen molar-refractivity contribution in [3.63, 3.8) is 0 Å². The number of aryl methyl sites for hydroxylation is 2. The van der Waals surface area contributed by atoms with Gasteiger partial charge in [0.2, 0.25) is 5.91 Å². The van der Waals surface area contributed by atoms with Crippen molar-refractivity contribution in [2.45, 2.75) is 26.2 Å². The molecule has 0 aliphatic carbocycles. The molecule has 1 amide bonds. The SMILES string of the molecule is Cc1noc(C)c1[C@@H]1CC(=O)Nc2c1sc(C(=O)O)c2-c1ccccc1. The van der Waals surface area contributed by atoms with Gasteiger partial charge in [0.05, 0.1) is 11.4 Å². The summed E-state index contributed by atoms with van der Waals surface area (Å²) in [5.41, 5.74) is 3.49. The molecule has 1 aliphatic heterocycles. The van der Waals surface area contributed by atoms with Crippen LogP contribution in [-0.2, 0) is 4.79 Å². The zero-order valence-electron chi connectivity index (χ0n) is 14.2. The highest BCUT2D eigenvalue weighted by molar-refractivity contribution is 7.15. The highest BCUT2D eigenvalue weighted by Gasteiger charge is 2.36. The van der Waals surface area contributed by atoms with Gasteiger partial charge in [-0.15, -0.1) is 11.3 Å². The second kappa shape index (κ2) is 6.10. The zero-order chi connectivity index (χ0) is 18.4. The first-order chi connectivity index (χ1) is 12.5. The van der Waals surface area contributed by atoms with Gasteiger partial charge in [-0.2, -0.15) is 0 Å². The van der Waals surface area contributed by atoms with E-state index in [0.29, 0.717) is 17.0 Å².